The zero-order valence-electron chi connectivity index (χ0n) is 18.2. The number of thioether (sulfide) groups is 1. The van der Waals surface area contributed by atoms with Gasteiger partial charge in [-0.15, -0.1) is 11.8 Å². The largest absolute Gasteiger partial charge is 0.511 e. The number of carbonyl (C=O) groups excluding carboxylic acids is 2. The van der Waals surface area contributed by atoms with Crippen molar-refractivity contribution in [2.24, 2.45) is 11.3 Å². The molecule has 3 atom stereocenters. The highest BCUT2D eigenvalue weighted by Crippen LogP contribution is 2.58. The normalized spacial score (nSPS) is 21.4. The number of pyridine rings is 1. The van der Waals surface area contributed by atoms with E-state index in [2.05, 4.69) is 17.1 Å². The highest BCUT2D eigenvalue weighted by atomic mass is 32.2. The number of aliphatic hydroxyl groups is 1. The minimum Gasteiger partial charge on any atom is -0.511 e. The summed E-state index contributed by atoms with van der Waals surface area (Å²) in [5.41, 5.74) is -1.41. The third kappa shape index (κ3) is 3.92. The number of aromatic nitrogens is 1. The molecule has 168 valence electrons. The fourth-order valence-corrected chi connectivity index (χ4v) is 4.80. The average Bonchev–Trinajstić information content (AvgIpc) is 2.87. The summed E-state index contributed by atoms with van der Waals surface area (Å²) in [6, 6.07) is 14.3. The van der Waals surface area contributed by atoms with E-state index in [9.17, 15) is 25.2 Å². The van der Waals surface area contributed by atoms with Crippen molar-refractivity contribution in [3.05, 3.63) is 71.3 Å². The van der Waals surface area contributed by atoms with E-state index in [4.69, 9.17) is 9.47 Å². The third-order valence-corrected chi connectivity index (χ3v) is 6.63. The third-order valence-electron chi connectivity index (χ3n) is 5.88. The van der Waals surface area contributed by atoms with Crippen molar-refractivity contribution in [2.45, 2.75) is 16.7 Å². The molecule has 1 heterocycles. The Balaban J connectivity index is 2.45. The molecule has 9 heteroatoms. The highest BCUT2D eigenvalue weighted by molar-refractivity contribution is 7.98. The van der Waals surface area contributed by atoms with Gasteiger partial charge in [-0.25, -0.2) is 4.79 Å². The van der Waals surface area contributed by atoms with Crippen LogP contribution >= 0.6 is 11.8 Å². The van der Waals surface area contributed by atoms with Crippen molar-refractivity contribution < 1.29 is 24.2 Å². The number of esters is 2. The molecular weight excluding hydrogens is 442 g/mol. The SMILES string of the molecule is COC(=O)C1=C(O)[C@@H](C(=O)OC)[C@H](c2ccncc2)C(C#N)(C#N)[C@@H]1c1ccc(SC)cc1. The molecule has 0 aliphatic heterocycles. The second-order valence-electron chi connectivity index (χ2n) is 7.35. The molecule has 1 N–H and O–H groups in total. The number of carbonyl (C=O) groups is 2. The summed E-state index contributed by atoms with van der Waals surface area (Å²) in [4.78, 5) is 30.6. The van der Waals surface area contributed by atoms with E-state index in [0.29, 0.717) is 11.1 Å². The van der Waals surface area contributed by atoms with E-state index in [-0.39, 0.29) is 5.57 Å². The van der Waals surface area contributed by atoms with E-state index < -0.39 is 40.9 Å². The minimum atomic E-state index is -1.96. The molecule has 1 aromatic carbocycles. The van der Waals surface area contributed by atoms with E-state index in [1.807, 2.05) is 6.26 Å². The van der Waals surface area contributed by atoms with Crippen molar-refractivity contribution in [3.63, 3.8) is 0 Å². The lowest BCUT2D eigenvalue weighted by Crippen LogP contribution is -2.47. The van der Waals surface area contributed by atoms with Crippen LogP contribution in [-0.2, 0) is 19.1 Å². The topological polar surface area (TPSA) is 133 Å². The zero-order chi connectivity index (χ0) is 24.2. The lowest BCUT2D eigenvalue weighted by atomic mass is 9.54. The summed E-state index contributed by atoms with van der Waals surface area (Å²) in [7, 11) is 2.25. The van der Waals surface area contributed by atoms with Crippen LogP contribution in [0, 0.1) is 34.0 Å². The molecule has 3 rings (SSSR count). The first kappa shape index (κ1) is 23.8. The van der Waals surface area contributed by atoms with Gasteiger partial charge >= 0.3 is 11.9 Å². The van der Waals surface area contributed by atoms with Crippen LogP contribution in [0.5, 0.6) is 0 Å². The Morgan fingerprint density at radius 1 is 1.03 bits per heavy atom. The first-order valence-electron chi connectivity index (χ1n) is 9.85. The van der Waals surface area contributed by atoms with Crippen molar-refractivity contribution >= 4 is 23.7 Å². The lowest BCUT2D eigenvalue weighted by Gasteiger charge is -2.44. The molecule has 0 fully saturated rings. The molecule has 0 unspecified atom stereocenters. The molecule has 8 nitrogen and oxygen atoms in total. The van der Waals surface area contributed by atoms with Gasteiger partial charge in [-0.2, -0.15) is 10.5 Å². The predicted octanol–water partition coefficient (Wildman–Crippen LogP) is 3.49. The summed E-state index contributed by atoms with van der Waals surface area (Å²) in [6.07, 6.45) is 4.82. The van der Waals surface area contributed by atoms with Crippen LogP contribution in [-0.4, -0.2) is 42.5 Å². The van der Waals surface area contributed by atoms with Crippen LogP contribution < -0.4 is 0 Å². The van der Waals surface area contributed by atoms with Crippen LogP contribution in [0.15, 0.2) is 65.0 Å². The molecule has 0 bridgehead atoms. The Bertz CT molecular complexity index is 1150. The number of rotatable bonds is 5. The molecule has 2 aromatic rings. The van der Waals surface area contributed by atoms with Gasteiger partial charge in [-0.05, 0) is 41.6 Å². The summed E-state index contributed by atoms with van der Waals surface area (Å²) in [5.74, 6) is -6.25. The van der Waals surface area contributed by atoms with E-state index in [0.717, 1.165) is 19.1 Å². The highest BCUT2D eigenvalue weighted by Gasteiger charge is 2.61. The number of ether oxygens (including phenoxy) is 2. The molecule has 0 saturated heterocycles. The summed E-state index contributed by atoms with van der Waals surface area (Å²) < 4.78 is 9.80. The minimum absolute atomic E-state index is 0.321. The number of nitriles is 2. The van der Waals surface area contributed by atoms with Crippen LogP contribution in [0.25, 0.3) is 0 Å². The quantitative estimate of drug-likeness (QED) is 0.522. The van der Waals surface area contributed by atoms with Crippen molar-refractivity contribution in [1.82, 2.24) is 4.98 Å². The van der Waals surface area contributed by atoms with Crippen molar-refractivity contribution in [2.75, 3.05) is 20.5 Å². The number of hydrogen-bond donors (Lipinski definition) is 1. The molecule has 33 heavy (non-hydrogen) atoms. The van der Waals surface area contributed by atoms with Gasteiger partial charge in [0.15, 0.2) is 5.41 Å². The Hall–Kier alpha value is -3.82. The fourth-order valence-electron chi connectivity index (χ4n) is 4.40. The number of hydrogen-bond acceptors (Lipinski definition) is 9. The Morgan fingerprint density at radius 2 is 1.64 bits per heavy atom. The van der Waals surface area contributed by atoms with Gasteiger partial charge in [0.05, 0.1) is 37.8 Å². The maximum absolute atomic E-state index is 12.9. The smallest absolute Gasteiger partial charge is 0.337 e. The molecule has 1 aromatic heterocycles. The van der Waals surface area contributed by atoms with E-state index in [1.165, 1.54) is 24.2 Å². The first-order valence-corrected chi connectivity index (χ1v) is 11.1. The van der Waals surface area contributed by atoms with Crippen LogP contribution in [0.2, 0.25) is 0 Å². The van der Waals surface area contributed by atoms with Gasteiger partial charge in [-0.1, -0.05) is 12.1 Å². The van der Waals surface area contributed by atoms with Gasteiger partial charge in [0.1, 0.15) is 11.7 Å². The summed E-state index contributed by atoms with van der Waals surface area (Å²) in [5, 5.41) is 32.1. The van der Waals surface area contributed by atoms with Crippen LogP contribution in [0.4, 0.5) is 0 Å². The van der Waals surface area contributed by atoms with Gasteiger partial charge in [0.25, 0.3) is 0 Å². The Morgan fingerprint density at radius 3 is 2.12 bits per heavy atom. The molecule has 0 spiro atoms. The van der Waals surface area contributed by atoms with Crippen LogP contribution in [0.1, 0.15) is 23.0 Å². The number of nitrogens with zero attached hydrogens (tertiary/aromatic N) is 3. The molecule has 1 aliphatic rings. The molecule has 0 amide bonds. The first-order chi connectivity index (χ1) is 15.9. The maximum atomic E-state index is 12.9. The number of aliphatic hydroxyl groups excluding tert-OH is 1. The number of methoxy groups -OCH3 is 2. The lowest BCUT2D eigenvalue weighted by molar-refractivity contribution is -0.147. The number of benzene rings is 1. The zero-order valence-corrected chi connectivity index (χ0v) is 19.0. The fraction of sp³-hybridized carbons (Fsp3) is 0.292. The molecule has 1 aliphatic carbocycles. The van der Waals surface area contributed by atoms with Gasteiger partial charge in [0.2, 0.25) is 0 Å². The van der Waals surface area contributed by atoms with Crippen molar-refractivity contribution in [3.8, 4) is 12.1 Å². The molecule has 0 saturated carbocycles. The average molecular weight is 464 g/mol. The van der Waals surface area contributed by atoms with Gasteiger partial charge < -0.3 is 14.6 Å². The maximum Gasteiger partial charge on any atom is 0.337 e. The second-order valence-corrected chi connectivity index (χ2v) is 8.23. The summed E-state index contributed by atoms with van der Waals surface area (Å²) in [6.45, 7) is 0. The van der Waals surface area contributed by atoms with Crippen molar-refractivity contribution in [1.29, 1.82) is 10.5 Å². The Labute approximate surface area is 195 Å². The van der Waals surface area contributed by atoms with Gasteiger partial charge in [-0.3, -0.25) is 9.78 Å². The Kier molecular flexibility index (Phi) is 7.05. The second kappa shape index (κ2) is 9.76. The van der Waals surface area contributed by atoms with Gasteiger partial charge in [0, 0.05) is 23.2 Å². The molecular formula is C24H21N3O5S. The van der Waals surface area contributed by atoms with E-state index in [1.54, 1.807) is 36.4 Å². The predicted molar refractivity (Wildman–Crippen MR) is 119 cm³/mol. The standard InChI is InChI=1S/C24H21N3O5S/c1-31-22(29)17-19(14-4-6-16(33-3)7-5-14)24(12-25,13-26)20(15-8-10-27-11-9-15)18(21(17)28)23(30)32-2/h4-11,18-20,28H,1-3H3/t18-,19+,20-/m0/s1. The van der Waals surface area contributed by atoms with E-state index >= 15 is 0 Å². The van der Waals surface area contributed by atoms with Crippen LogP contribution in [0.3, 0.4) is 0 Å². The summed E-state index contributed by atoms with van der Waals surface area (Å²) >= 11 is 1.50. The molecule has 0 radical (unpaired) electrons. The monoisotopic (exact) mass is 463 g/mol.